The van der Waals surface area contributed by atoms with Gasteiger partial charge in [0.05, 0.1) is 9.13 Å². The van der Waals surface area contributed by atoms with Gasteiger partial charge in [0.2, 0.25) is 0 Å². The SMILES string of the molecule is N#CC(Sc1c(F)cccc1F)=C1Sc2nc(C#N)c(C#N)nc2S1. The Labute approximate surface area is 153 Å². The van der Waals surface area contributed by atoms with Crippen molar-refractivity contribution in [3.63, 3.8) is 0 Å². The maximum absolute atomic E-state index is 13.8. The zero-order valence-electron chi connectivity index (χ0n) is 11.9. The van der Waals surface area contributed by atoms with Gasteiger partial charge in [0, 0.05) is 0 Å². The number of halogens is 2. The average molecular weight is 387 g/mol. The van der Waals surface area contributed by atoms with Crippen LogP contribution in [-0.2, 0) is 0 Å². The number of allylic oxidation sites excluding steroid dienone is 1. The second-order valence-electron chi connectivity index (χ2n) is 4.34. The van der Waals surface area contributed by atoms with Gasteiger partial charge in [-0.3, -0.25) is 0 Å². The topological polar surface area (TPSA) is 97.1 Å². The summed E-state index contributed by atoms with van der Waals surface area (Å²) in [7, 11) is 0. The highest BCUT2D eigenvalue weighted by Crippen LogP contribution is 2.53. The number of benzene rings is 1. The second kappa shape index (κ2) is 7.12. The van der Waals surface area contributed by atoms with Gasteiger partial charge < -0.3 is 0 Å². The minimum Gasteiger partial charge on any atom is -0.224 e. The van der Waals surface area contributed by atoms with Crippen molar-refractivity contribution in [2.75, 3.05) is 0 Å². The lowest BCUT2D eigenvalue weighted by Crippen LogP contribution is -1.96. The molecule has 0 bridgehead atoms. The van der Waals surface area contributed by atoms with Crippen LogP contribution in [0.15, 0.2) is 42.3 Å². The van der Waals surface area contributed by atoms with Crippen LogP contribution in [0.2, 0.25) is 0 Å². The maximum Gasteiger partial charge on any atom is 0.178 e. The molecule has 0 fully saturated rings. The van der Waals surface area contributed by atoms with E-state index in [2.05, 4.69) is 9.97 Å². The first-order valence-corrected chi connectivity index (χ1v) is 8.86. The first kappa shape index (κ1) is 17.2. The van der Waals surface area contributed by atoms with Gasteiger partial charge in [0.1, 0.15) is 44.8 Å². The molecule has 3 rings (SSSR count). The predicted octanol–water partition coefficient (Wildman–Crippen LogP) is 4.18. The largest absolute Gasteiger partial charge is 0.224 e. The van der Waals surface area contributed by atoms with Crippen molar-refractivity contribution in [2.24, 2.45) is 0 Å². The Morgan fingerprint density at radius 3 is 1.92 bits per heavy atom. The first-order valence-electron chi connectivity index (χ1n) is 6.41. The third-order valence-electron chi connectivity index (χ3n) is 2.83. The van der Waals surface area contributed by atoms with Gasteiger partial charge in [0.25, 0.3) is 0 Å². The zero-order chi connectivity index (χ0) is 18.0. The molecule has 120 valence electrons. The maximum atomic E-state index is 13.8. The van der Waals surface area contributed by atoms with E-state index in [4.69, 9.17) is 10.5 Å². The summed E-state index contributed by atoms with van der Waals surface area (Å²) in [4.78, 5) is 7.90. The van der Waals surface area contributed by atoms with Gasteiger partial charge in [-0.2, -0.15) is 15.8 Å². The summed E-state index contributed by atoms with van der Waals surface area (Å²) < 4.78 is 28.0. The minimum absolute atomic E-state index is 0.0795. The third kappa shape index (κ3) is 3.31. The molecule has 0 unspecified atom stereocenters. The van der Waals surface area contributed by atoms with Gasteiger partial charge >= 0.3 is 0 Å². The van der Waals surface area contributed by atoms with E-state index in [1.165, 1.54) is 6.07 Å². The Balaban J connectivity index is 1.99. The summed E-state index contributed by atoms with van der Waals surface area (Å²) in [6.07, 6.45) is 0. The summed E-state index contributed by atoms with van der Waals surface area (Å²) in [5, 5.41) is 28.1. The smallest absolute Gasteiger partial charge is 0.178 e. The molecule has 2 heterocycles. The predicted molar refractivity (Wildman–Crippen MR) is 88.0 cm³/mol. The molecule has 0 saturated heterocycles. The second-order valence-corrected chi connectivity index (χ2v) is 7.62. The van der Waals surface area contributed by atoms with E-state index in [0.717, 1.165) is 35.7 Å². The fraction of sp³-hybridized carbons (Fsp3) is 0. The van der Waals surface area contributed by atoms with Crippen molar-refractivity contribution >= 4 is 35.3 Å². The molecule has 0 spiro atoms. The molecular formula is C15H3F2N5S3. The van der Waals surface area contributed by atoms with Crippen molar-refractivity contribution in [3.8, 4) is 18.2 Å². The molecule has 1 aromatic carbocycles. The molecular weight excluding hydrogens is 384 g/mol. The Hall–Kier alpha value is -2.58. The molecule has 1 aliphatic rings. The fourth-order valence-corrected chi connectivity index (χ4v) is 5.00. The van der Waals surface area contributed by atoms with Crippen molar-refractivity contribution in [1.29, 1.82) is 15.8 Å². The Bertz CT molecular complexity index is 982. The molecule has 0 saturated carbocycles. The number of aromatic nitrogens is 2. The number of hydrogen-bond acceptors (Lipinski definition) is 8. The molecule has 0 N–H and O–H groups in total. The molecule has 0 atom stereocenters. The molecule has 25 heavy (non-hydrogen) atoms. The number of thioether (sulfide) groups is 3. The van der Waals surface area contributed by atoms with Crippen LogP contribution in [0.4, 0.5) is 8.78 Å². The van der Waals surface area contributed by atoms with Gasteiger partial charge in [-0.1, -0.05) is 41.4 Å². The molecule has 1 aliphatic heterocycles. The van der Waals surface area contributed by atoms with Crippen molar-refractivity contribution in [1.82, 2.24) is 9.97 Å². The van der Waals surface area contributed by atoms with E-state index in [9.17, 15) is 14.0 Å². The van der Waals surface area contributed by atoms with E-state index in [-0.39, 0.29) is 21.2 Å². The van der Waals surface area contributed by atoms with Crippen LogP contribution in [0.1, 0.15) is 11.4 Å². The quantitative estimate of drug-likeness (QED) is 0.559. The van der Waals surface area contributed by atoms with Gasteiger partial charge in [-0.05, 0) is 12.1 Å². The number of nitriles is 3. The summed E-state index contributed by atoms with van der Waals surface area (Å²) in [6.45, 7) is 0. The summed E-state index contributed by atoms with van der Waals surface area (Å²) in [6, 6.07) is 8.95. The fourth-order valence-electron chi connectivity index (χ4n) is 1.77. The van der Waals surface area contributed by atoms with E-state index in [1.807, 2.05) is 6.07 Å². The van der Waals surface area contributed by atoms with E-state index in [1.54, 1.807) is 12.1 Å². The summed E-state index contributed by atoms with van der Waals surface area (Å²) in [5.74, 6) is -1.53. The van der Waals surface area contributed by atoms with Gasteiger partial charge in [-0.25, -0.2) is 18.7 Å². The Morgan fingerprint density at radius 2 is 1.48 bits per heavy atom. The van der Waals surface area contributed by atoms with Crippen LogP contribution in [0.25, 0.3) is 0 Å². The van der Waals surface area contributed by atoms with Crippen LogP contribution < -0.4 is 0 Å². The summed E-state index contributed by atoms with van der Waals surface area (Å²) >= 11 is 2.81. The number of nitrogens with zero attached hydrogens (tertiary/aromatic N) is 5. The van der Waals surface area contributed by atoms with E-state index in [0.29, 0.717) is 26.1 Å². The Kier molecular flexibility index (Phi) is 4.91. The van der Waals surface area contributed by atoms with E-state index >= 15 is 0 Å². The van der Waals surface area contributed by atoms with Crippen molar-refractivity contribution < 1.29 is 8.78 Å². The lowest BCUT2D eigenvalue weighted by Gasteiger charge is -2.04. The lowest BCUT2D eigenvalue weighted by atomic mass is 10.3. The van der Waals surface area contributed by atoms with Crippen LogP contribution in [-0.4, -0.2) is 9.97 Å². The monoisotopic (exact) mass is 387 g/mol. The highest BCUT2D eigenvalue weighted by atomic mass is 32.2. The lowest BCUT2D eigenvalue weighted by molar-refractivity contribution is 0.541. The molecule has 5 nitrogen and oxygen atoms in total. The number of hydrogen-bond donors (Lipinski definition) is 0. The van der Waals surface area contributed by atoms with Crippen molar-refractivity contribution in [2.45, 2.75) is 14.9 Å². The molecule has 0 radical (unpaired) electrons. The standard InChI is InChI=1S/C15H3F2N5S3/c16-7-2-1-3-8(17)12(7)23-11(6-20)15-24-13-14(25-15)22-10(5-19)9(4-18)21-13/h1-3H. The van der Waals surface area contributed by atoms with Crippen LogP contribution in [0.5, 0.6) is 0 Å². The van der Waals surface area contributed by atoms with Crippen molar-refractivity contribution in [3.05, 3.63) is 50.4 Å². The molecule has 10 heteroatoms. The number of fused-ring (bicyclic) bond motifs is 1. The molecule has 0 aliphatic carbocycles. The van der Waals surface area contributed by atoms with Gasteiger partial charge in [-0.15, -0.1) is 0 Å². The minimum atomic E-state index is -0.765. The average Bonchev–Trinajstić information content (AvgIpc) is 3.02. The Morgan fingerprint density at radius 1 is 0.960 bits per heavy atom. The third-order valence-corrected chi connectivity index (χ3v) is 6.55. The molecule has 2 aromatic rings. The highest BCUT2D eigenvalue weighted by molar-refractivity contribution is 8.25. The van der Waals surface area contributed by atoms with Crippen LogP contribution >= 0.6 is 35.3 Å². The van der Waals surface area contributed by atoms with E-state index < -0.39 is 11.6 Å². The highest BCUT2D eigenvalue weighted by Gasteiger charge is 2.27. The van der Waals surface area contributed by atoms with Gasteiger partial charge in [0.15, 0.2) is 11.4 Å². The van der Waals surface area contributed by atoms with Crippen LogP contribution in [0.3, 0.4) is 0 Å². The number of rotatable bonds is 2. The first-order chi connectivity index (χ1) is 12.1. The normalized spacial score (nSPS) is 12.0. The van der Waals surface area contributed by atoms with Crippen LogP contribution in [0, 0.1) is 45.6 Å². The summed E-state index contributed by atoms with van der Waals surface area (Å²) in [5.41, 5.74) is -0.219. The zero-order valence-corrected chi connectivity index (χ0v) is 14.4. The molecule has 1 aromatic heterocycles. The molecule has 0 amide bonds.